The molecule has 0 atom stereocenters. The van der Waals surface area contributed by atoms with Crippen molar-refractivity contribution in [1.29, 1.82) is 0 Å². The van der Waals surface area contributed by atoms with Gasteiger partial charge in [0.15, 0.2) is 0 Å². The first-order valence-corrected chi connectivity index (χ1v) is 5.71. The molecule has 0 saturated carbocycles. The predicted octanol–water partition coefficient (Wildman–Crippen LogP) is 4.62. The summed E-state index contributed by atoms with van der Waals surface area (Å²) in [4.78, 5) is 0. The van der Waals surface area contributed by atoms with E-state index in [0.717, 1.165) is 19.3 Å². The summed E-state index contributed by atoms with van der Waals surface area (Å²) in [6.07, 6.45) is 7.61. The SMILES string of the molecule is C=C(/C=C/c1ccc(CC)cc1)CCC. The van der Waals surface area contributed by atoms with Gasteiger partial charge in [-0.3, -0.25) is 0 Å². The number of aryl methyl sites for hydroxylation is 1. The van der Waals surface area contributed by atoms with Crippen LogP contribution in [0.2, 0.25) is 0 Å². The van der Waals surface area contributed by atoms with Gasteiger partial charge in [-0.2, -0.15) is 0 Å². The number of benzene rings is 1. The van der Waals surface area contributed by atoms with Gasteiger partial charge >= 0.3 is 0 Å². The Labute approximate surface area is 93.3 Å². The third-order valence-electron chi connectivity index (χ3n) is 2.47. The van der Waals surface area contributed by atoms with Crippen LogP contribution in [0.4, 0.5) is 0 Å². The van der Waals surface area contributed by atoms with Crippen LogP contribution in [0.5, 0.6) is 0 Å². The molecule has 0 aliphatic heterocycles. The Morgan fingerprint density at radius 3 is 2.40 bits per heavy atom. The molecule has 0 bridgehead atoms. The Hall–Kier alpha value is -1.30. The van der Waals surface area contributed by atoms with Crippen molar-refractivity contribution in [2.45, 2.75) is 33.1 Å². The Kier molecular flexibility index (Phi) is 4.89. The number of rotatable bonds is 5. The highest BCUT2D eigenvalue weighted by molar-refractivity contribution is 5.52. The van der Waals surface area contributed by atoms with E-state index < -0.39 is 0 Å². The van der Waals surface area contributed by atoms with Crippen molar-refractivity contribution in [3.63, 3.8) is 0 Å². The molecule has 0 aliphatic carbocycles. The zero-order chi connectivity index (χ0) is 11.1. The summed E-state index contributed by atoms with van der Waals surface area (Å²) in [5.41, 5.74) is 3.85. The van der Waals surface area contributed by atoms with Crippen LogP contribution in [0.15, 0.2) is 42.5 Å². The molecule has 0 N–H and O–H groups in total. The van der Waals surface area contributed by atoms with Crippen molar-refractivity contribution in [3.05, 3.63) is 53.6 Å². The molecule has 0 fully saturated rings. The summed E-state index contributed by atoms with van der Waals surface area (Å²) in [6, 6.07) is 8.69. The molecule has 1 rings (SSSR count). The maximum absolute atomic E-state index is 4.01. The van der Waals surface area contributed by atoms with E-state index >= 15 is 0 Å². The normalized spacial score (nSPS) is 10.8. The quantitative estimate of drug-likeness (QED) is 0.608. The van der Waals surface area contributed by atoms with Crippen LogP contribution in [-0.4, -0.2) is 0 Å². The lowest BCUT2D eigenvalue weighted by atomic mass is 10.1. The molecular formula is C15H20. The van der Waals surface area contributed by atoms with Crippen molar-refractivity contribution in [2.75, 3.05) is 0 Å². The smallest absolute Gasteiger partial charge is 0.0256 e. The van der Waals surface area contributed by atoms with Crippen molar-refractivity contribution < 1.29 is 0 Å². The summed E-state index contributed by atoms with van der Waals surface area (Å²) >= 11 is 0. The van der Waals surface area contributed by atoms with Gasteiger partial charge in [0.1, 0.15) is 0 Å². The van der Waals surface area contributed by atoms with Crippen LogP contribution in [0.25, 0.3) is 6.08 Å². The fourth-order valence-corrected chi connectivity index (χ4v) is 1.48. The zero-order valence-electron chi connectivity index (χ0n) is 9.79. The number of hydrogen-bond donors (Lipinski definition) is 0. The summed E-state index contributed by atoms with van der Waals surface area (Å²) < 4.78 is 0. The van der Waals surface area contributed by atoms with Gasteiger partial charge in [-0.15, -0.1) is 0 Å². The fourth-order valence-electron chi connectivity index (χ4n) is 1.48. The Bertz CT molecular complexity index is 328. The maximum atomic E-state index is 4.01. The standard InChI is InChI=1S/C15H20/c1-4-6-13(3)7-8-15-11-9-14(5-2)10-12-15/h7-12H,3-6H2,1-2H3/b8-7+. The van der Waals surface area contributed by atoms with E-state index in [1.165, 1.54) is 16.7 Å². The third kappa shape index (κ3) is 4.16. The largest absolute Gasteiger partial charge is 0.0958 e. The average Bonchev–Trinajstić information content (AvgIpc) is 2.27. The monoisotopic (exact) mass is 200 g/mol. The van der Waals surface area contributed by atoms with Gasteiger partial charge < -0.3 is 0 Å². The van der Waals surface area contributed by atoms with Crippen molar-refractivity contribution in [3.8, 4) is 0 Å². The zero-order valence-corrected chi connectivity index (χ0v) is 9.79. The second kappa shape index (κ2) is 6.23. The average molecular weight is 200 g/mol. The topological polar surface area (TPSA) is 0 Å². The van der Waals surface area contributed by atoms with E-state index in [0.29, 0.717) is 0 Å². The number of hydrogen-bond acceptors (Lipinski definition) is 0. The lowest BCUT2D eigenvalue weighted by Crippen LogP contribution is -1.79. The molecule has 0 aromatic heterocycles. The molecule has 1 aromatic rings. The molecule has 0 radical (unpaired) electrons. The summed E-state index contributed by atoms with van der Waals surface area (Å²) in [7, 11) is 0. The molecule has 0 nitrogen and oxygen atoms in total. The summed E-state index contributed by atoms with van der Waals surface area (Å²) in [6.45, 7) is 8.36. The van der Waals surface area contributed by atoms with Gasteiger partial charge in [0.25, 0.3) is 0 Å². The highest BCUT2D eigenvalue weighted by atomic mass is 14.0. The van der Waals surface area contributed by atoms with Crippen molar-refractivity contribution >= 4 is 6.08 Å². The Balaban J connectivity index is 2.60. The molecule has 0 aliphatic rings. The van der Waals surface area contributed by atoms with E-state index in [1.807, 2.05) is 0 Å². The van der Waals surface area contributed by atoms with Crippen molar-refractivity contribution in [2.24, 2.45) is 0 Å². The van der Waals surface area contributed by atoms with Crippen LogP contribution in [0.1, 0.15) is 37.8 Å². The van der Waals surface area contributed by atoms with Gasteiger partial charge in [-0.05, 0) is 24.0 Å². The van der Waals surface area contributed by atoms with Gasteiger partial charge in [0.05, 0.1) is 0 Å². The molecule has 0 saturated heterocycles. The van der Waals surface area contributed by atoms with Crippen LogP contribution in [0, 0.1) is 0 Å². The highest BCUT2D eigenvalue weighted by Gasteiger charge is 1.90. The van der Waals surface area contributed by atoms with Gasteiger partial charge in [0.2, 0.25) is 0 Å². The van der Waals surface area contributed by atoms with E-state index in [1.54, 1.807) is 0 Å². The molecule has 0 unspecified atom stereocenters. The van der Waals surface area contributed by atoms with Crippen molar-refractivity contribution in [1.82, 2.24) is 0 Å². The Morgan fingerprint density at radius 2 is 1.87 bits per heavy atom. The second-order valence-electron chi connectivity index (χ2n) is 3.84. The predicted molar refractivity (Wildman–Crippen MR) is 68.9 cm³/mol. The molecule has 0 heterocycles. The lowest BCUT2D eigenvalue weighted by molar-refractivity contribution is 0.931. The van der Waals surface area contributed by atoms with Gasteiger partial charge in [-0.25, -0.2) is 0 Å². The molecule has 0 heteroatoms. The van der Waals surface area contributed by atoms with Crippen LogP contribution < -0.4 is 0 Å². The molecule has 0 amide bonds. The first-order valence-electron chi connectivity index (χ1n) is 5.71. The molecule has 1 aromatic carbocycles. The van der Waals surface area contributed by atoms with Gasteiger partial charge in [0, 0.05) is 0 Å². The van der Waals surface area contributed by atoms with Gasteiger partial charge in [-0.1, -0.05) is 68.8 Å². The lowest BCUT2D eigenvalue weighted by Gasteiger charge is -1.98. The molecular weight excluding hydrogens is 180 g/mol. The minimum absolute atomic E-state index is 1.09. The summed E-state index contributed by atoms with van der Waals surface area (Å²) in [5.74, 6) is 0. The minimum Gasteiger partial charge on any atom is -0.0958 e. The molecule has 80 valence electrons. The first kappa shape index (κ1) is 11.8. The molecule has 0 spiro atoms. The summed E-state index contributed by atoms with van der Waals surface area (Å²) in [5, 5.41) is 0. The highest BCUT2D eigenvalue weighted by Crippen LogP contribution is 2.10. The van der Waals surface area contributed by atoms with E-state index in [2.05, 4.69) is 56.8 Å². The third-order valence-corrected chi connectivity index (χ3v) is 2.47. The maximum Gasteiger partial charge on any atom is -0.0256 e. The van der Waals surface area contributed by atoms with E-state index in [9.17, 15) is 0 Å². The van der Waals surface area contributed by atoms with Crippen LogP contribution in [-0.2, 0) is 6.42 Å². The second-order valence-corrected chi connectivity index (χ2v) is 3.84. The number of allylic oxidation sites excluding steroid dienone is 2. The van der Waals surface area contributed by atoms with Crippen LogP contribution in [0.3, 0.4) is 0 Å². The van der Waals surface area contributed by atoms with Crippen LogP contribution >= 0.6 is 0 Å². The first-order chi connectivity index (χ1) is 7.26. The fraction of sp³-hybridized carbons (Fsp3) is 0.333. The Morgan fingerprint density at radius 1 is 1.20 bits per heavy atom. The minimum atomic E-state index is 1.09. The van der Waals surface area contributed by atoms with E-state index in [-0.39, 0.29) is 0 Å². The van der Waals surface area contributed by atoms with E-state index in [4.69, 9.17) is 0 Å². The molecule has 15 heavy (non-hydrogen) atoms.